The highest BCUT2D eigenvalue weighted by molar-refractivity contribution is 5.36. The van der Waals surface area contributed by atoms with E-state index in [2.05, 4.69) is 9.97 Å². The predicted octanol–water partition coefficient (Wildman–Crippen LogP) is 2.67. The summed E-state index contributed by atoms with van der Waals surface area (Å²) in [4.78, 5) is 7.99. The molecular weight excluding hydrogens is 268 g/mol. The molecule has 5 nitrogen and oxygen atoms in total. The van der Waals surface area contributed by atoms with E-state index >= 15 is 0 Å². The molecule has 0 atom stereocenters. The Balaban J connectivity index is 2.21. The minimum Gasteiger partial charge on any atom is -0.436 e. The lowest BCUT2D eigenvalue weighted by Crippen LogP contribution is -2.04. The third-order valence-electron chi connectivity index (χ3n) is 2.31. The average Bonchev–Trinajstić information content (AvgIpc) is 2.39. The molecule has 0 saturated carbocycles. The van der Waals surface area contributed by atoms with Crippen LogP contribution in [0, 0.1) is 11.6 Å². The van der Waals surface area contributed by atoms with Crippen LogP contribution >= 0.6 is 0 Å². The molecule has 7 heteroatoms. The van der Waals surface area contributed by atoms with Gasteiger partial charge in [-0.3, -0.25) is 0 Å². The van der Waals surface area contributed by atoms with Crippen molar-refractivity contribution in [3.63, 3.8) is 0 Å². The van der Waals surface area contributed by atoms with Gasteiger partial charge < -0.3 is 15.2 Å². The average molecular weight is 281 g/mol. The van der Waals surface area contributed by atoms with Gasteiger partial charge in [0.1, 0.15) is 18.2 Å². The molecule has 0 aliphatic heterocycles. The molecule has 2 aromatic rings. The Morgan fingerprint density at radius 1 is 1.20 bits per heavy atom. The molecule has 0 unspecified atom stereocenters. The normalized spacial score (nSPS) is 10.6. The molecule has 106 valence electrons. The first-order valence-electron chi connectivity index (χ1n) is 5.92. The van der Waals surface area contributed by atoms with Crippen molar-refractivity contribution in [2.75, 3.05) is 12.3 Å². The quantitative estimate of drug-likeness (QED) is 0.912. The van der Waals surface area contributed by atoms with Crippen LogP contribution in [0.4, 0.5) is 14.6 Å². The number of hydrogen-bond acceptors (Lipinski definition) is 5. The van der Waals surface area contributed by atoms with E-state index in [0.29, 0.717) is 12.4 Å². The van der Waals surface area contributed by atoms with Crippen LogP contribution in [0.15, 0.2) is 24.3 Å². The van der Waals surface area contributed by atoms with Crippen molar-refractivity contribution in [2.45, 2.75) is 13.5 Å². The van der Waals surface area contributed by atoms with E-state index in [4.69, 9.17) is 15.2 Å². The minimum atomic E-state index is -0.825. The van der Waals surface area contributed by atoms with Crippen LogP contribution in [-0.4, -0.2) is 16.6 Å². The first-order valence-corrected chi connectivity index (χ1v) is 5.92. The summed E-state index contributed by atoms with van der Waals surface area (Å²) in [5.41, 5.74) is 5.61. The van der Waals surface area contributed by atoms with Crippen molar-refractivity contribution in [1.82, 2.24) is 9.97 Å². The fourth-order valence-corrected chi connectivity index (χ4v) is 1.47. The van der Waals surface area contributed by atoms with Crippen molar-refractivity contribution in [2.24, 2.45) is 0 Å². The van der Waals surface area contributed by atoms with Crippen LogP contribution in [0.3, 0.4) is 0 Å². The summed E-state index contributed by atoms with van der Waals surface area (Å²) in [6.45, 7) is 2.50. The number of ether oxygens (including phenoxy) is 2. The minimum absolute atomic E-state index is 0.0673. The Kier molecular flexibility index (Phi) is 4.41. The molecule has 0 aliphatic carbocycles. The van der Waals surface area contributed by atoms with Crippen LogP contribution in [0.25, 0.3) is 0 Å². The highest BCUT2D eigenvalue weighted by atomic mass is 19.1. The molecule has 0 bridgehead atoms. The standard InChI is InChI=1S/C13H13F2N3O2/c1-2-19-7-12-17-11(16)6-13(18-12)20-10-4-3-8(14)5-9(10)15/h3-6H,2,7H2,1H3,(H2,16,17,18). The topological polar surface area (TPSA) is 70.3 Å². The monoisotopic (exact) mass is 281 g/mol. The molecule has 0 fully saturated rings. The number of hydrogen-bond donors (Lipinski definition) is 1. The highest BCUT2D eigenvalue weighted by Crippen LogP contribution is 2.24. The lowest BCUT2D eigenvalue weighted by Gasteiger charge is -2.08. The van der Waals surface area contributed by atoms with Gasteiger partial charge in [-0.25, -0.2) is 13.8 Å². The third kappa shape index (κ3) is 3.61. The molecule has 0 radical (unpaired) electrons. The second-order valence-corrected chi connectivity index (χ2v) is 3.86. The number of aromatic nitrogens is 2. The van der Waals surface area contributed by atoms with Crippen molar-refractivity contribution in [1.29, 1.82) is 0 Å². The summed E-state index contributed by atoms with van der Waals surface area (Å²) >= 11 is 0. The first kappa shape index (κ1) is 14.1. The molecule has 2 rings (SSSR count). The van der Waals surface area contributed by atoms with Crippen molar-refractivity contribution in [3.8, 4) is 11.6 Å². The summed E-state index contributed by atoms with van der Waals surface area (Å²) < 4.78 is 36.7. The SMILES string of the molecule is CCOCc1nc(N)cc(Oc2ccc(F)cc2F)n1. The summed E-state index contributed by atoms with van der Waals surface area (Å²) in [5, 5.41) is 0. The molecular formula is C13H13F2N3O2. The molecule has 0 spiro atoms. The van der Waals surface area contributed by atoms with Gasteiger partial charge in [0.15, 0.2) is 17.4 Å². The summed E-state index contributed by atoms with van der Waals surface area (Å²) in [7, 11) is 0. The Morgan fingerprint density at radius 3 is 2.70 bits per heavy atom. The Hall–Kier alpha value is -2.28. The van der Waals surface area contributed by atoms with Crippen LogP contribution < -0.4 is 10.5 Å². The molecule has 2 N–H and O–H groups in total. The van der Waals surface area contributed by atoms with Gasteiger partial charge in [-0.15, -0.1) is 0 Å². The van der Waals surface area contributed by atoms with E-state index in [1.54, 1.807) is 0 Å². The van der Waals surface area contributed by atoms with Gasteiger partial charge in [-0.2, -0.15) is 4.98 Å². The summed E-state index contributed by atoms with van der Waals surface area (Å²) in [6, 6.07) is 4.33. The number of nitrogen functional groups attached to an aromatic ring is 1. The maximum atomic E-state index is 13.5. The second-order valence-electron chi connectivity index (χ2n) is 3.86. The smallest absolute Gasteiger partial charge is 0.224 e. The predicted molar refractivity (Wildman–Crippen MR) is 68.2 cm³/mol. The van der Waals surface area contributed by atoms with Gasteiger partial charge in [0.2, 0.25) is 5.88 Å². The van der Waals surface area contributed by atoms with Gasteiger partial charge in [0, 0.05) is 18.7 Å². The molecule has 0 aliphatic rings. The zero-order valence-electron chi connectivity index (χ0n) is 10.8. The van der Waals surface area contributed by atoms with Crippen LogP contribution in [0.5, 0.6) is 11.6 Å². The molecule has 20 heavy (non-hydrogen) atoms. The van der Waals surface area contributed by atoms with Crippen molar-refractivity contribution in [3.05, 3.63) is 41.7 Å². The van der Waals surface area contributed by atoms with E-state index in [0.717, 1.165) is 12.1 Å². The van der Waals surface area contributed by atoms with E-state index in [9.17, 15) is 8.78 Å². The molecule has 1 heterocycles. The number of halogens is 2. The van der Waals surface area contributed by atoms with E-state index in [1.165, 1.54) is 12.1 Å². The number of nitrogens with zero attached hydrogens (tertiary/aromatic N) is 2. The lowest BCUT2D eigenvalue weighted by atomic mass is 10.3. The largest absolute Gasteiger partial charge is 0.436 e. The molecule has 0 saturated heterocycles. The van der Waals surface area contributed by atoms with Gasteiger partial charge in [0.05, 0.1) is 0 Å². The Morgan fingerprint density at radius 2 is 2.00 bits per heavy atom. The zero-order valence-corrected chi connectivity index (χ0v) is 10.8. The lowest BCUT2D eigenvalue weighted by molar-refractivity contribution is 0.128. The highest BCUT2D eigenvalue weighted by Gasteiger charge is 2.09. The van der Waals surface area contributed by atoms with Gasteiger partial charge in [-0.1, -0.05) is 0 Å². The Bertz CT molecular complexity index is 608. The van der Waals surface area contributed by atoms with Gasteiger partial charge >= 0.3 is 0 Å². The molecule has 1 aromatic heterocycles. The maximum Gasteiger partial charge on any atom is 0.224 e. The summed E-state index contributed by atoms with van der Waals surface area (Å²) in [6.07, 6.45) is 0. The van der Waals surface area contributed by atoms with Gasteiger partial charge in [-0.05, 0) is 19.1 Å². The van der Waals surface area contributed by atoms with E-state index in [1.807, 2.05) is 6.92 Å². The molecule has 1 aromatic carbocycles. The number of benzene rings is 1. The van der Waals surface area contributed by atoms with Gasteiger partial charge in [0.25, 0.3) is 0 Å². The number of anilines is 1. The third-order valence-corrected chi connectivity index (χ3v) is 2.31. The van der Waals surface area contributed by atoms with Crippen LogP contribution in [0.1, 0.15) is 12.7 Å². The maximum absolute atomic E-state index is 13.5. The summed E-state index contributed by atoms with van der Waals surface area (Å²) in [5.74, 6) is -1.09. The number of nitrogens with two attached hydrogens (primary N) is 1. The first-order chi connectivity index (χ1) is 9.58. The van der Waals surface area contributed by atoms with E-state index in [-0.39, 0.29) is 24.1 Å². The zero-order chi connectivity index (χ0) is 14.5. The number of rotatable bonds is 5. The van der Waals surface area contributed by atoms with Crippen molar-refractivity contribution >= 4 is 5.82 Å². The fraction of sp³-hybridized carbons (Fsp3) is 0.231. The van der Waals surface area contributed by atoms with Crippen LogP contribution in [-0.2, 0) is 11.3 Å². The van der Waals surface area contributed by atoms with Crippen molar-refractivity contribution < 1.29 is 18.3 Å². The fourth-order valence-electron chi connectivity index (χ4n) is 1.47. The van der Waals surface area contributed by atoms with E-state index < -0.39 is 11.6 Å². The Labute approximate surface area is 114 Å². The van der Waals surface area contributed by atoms with Crippen LogP contribution in [0.2, 0.25) is 0 Å². The molecule has 0 amide bonds. The second kappa shape index (κ2) is 6.25.